The van der Waals surface area contributed by atoms with E-state index in [1.807, 2.05) is 17.4 Å². The van der Waals surface area contributed by atoms with Crippen LogP contribution in [0, 0.1) is 5.82 Å². The van der Waals surface area contributed by atoms with E-state index >= 15 is 4.39 Å². The fraction of sp³-hybridized carbons (Fsp3) is 0.375. The fourth-order valence-electron chi connectivity index (χ4n) is 5.18. The van der Waals surface area contributed by atoms with Crippen LogP contribution in [-0.4, -0.2) is 11.5 Å². The molecule has 2 aromatic heterocycles. The first-order chi connectivity index (χ1) is 18.1. The number of halogens is 1. The Hall–Kier alpha value is -1.53. The molecule has 0 aliphatic carbocycles. The zero-order valence-electron chi connectivity index (χ0n) is 22.8. The molecule has 196 valence electrons. The number of hydrogen-bond acceptors (Lipinski definition) is 4. The third-order valence-electron chi connectivity index (χ3n) is 6.81. The highest BCUT2D eigenvalue weighted by molar-refractivity contribution is 8.00. The molecule has 2 aromatic carbocycles. The Labute approximate surface area is 239 Å². The molecule has 0 amide bonds. The second-order valence-electron chi connectivity index (χ2n) is 8.85. The Morgan fingerprint density at radius 2 is 1.30 bits per heavy atom. The van der Waals surface area contributed by atoms with Gasteiger partial charge in [0, 0.05) is 36.9 Å². The maximum atomic E-state index is 17.1. The second-order valence-corrected chi connectivity index (χ2v) is 13.3. The van der Waals surface area contributed by atoms with E-state index < -0.39 is 0 Å². The zero-order chi connectivity index (χ0) is 26.5. The van der Waals surface area contributed by atoms with Crippen molar-refractivity contribution in [2.75, 3.05) is 11.5 Å². The summed E-state index contributed by atoms with van der Waals surface area (Å²) in [5.74, 6) is 1.68. The lowest BCUT2D eigenvalue weighted by molar-refractivity contribution is 0.603. The average Bonchev–Trinajstić information content (AvgIpc) is 3.54. The molecule has 5 heteroatoms. The van der Waals surface area contributed by atoms with Crippen molar-refractivity contribution in [3.63, 3.8) is 0 Å². The van der Waals surface area contributed by atoms with Crippen molar-refractivity contribution in [1.82, 2.24) is 0 Å². The fourth-order valence-corrected chi connectivity index (χ4v) is 9.21. The number of hydrogen-bond donors (Lipinski definition) is 0. The van der Waals surface area contributed by atoms with E-state index in [1.165, 1.54) is 32.0 Å². The van der Waals surface area contributed by atoms with Gasteiger partial charge in [0.05, 0.1) is 4.90 Å². The first-order valence-corrected chi connectivity index (χ1v) is 17.2. The average molecular weight is 569 g/mol. The Bertz CT molecular complexity index is 1330. The van der Waals surface area contributed by atoms with Crippen molar-refractivity contribution in [2.24, 2.45) is 0 Å². The maximum Gasteiger partial charge on any atom is 0.146 e. The van der Waals surface area contributed by atoms with Crippen LogP contribution in [0.2, 0.25) is 0 Å². The quantitative estimate of drug-likeness (QED) is 0.165. The highest BCUT2D eigenvalue weighted by Gasteiger charge is 2.31. The molecule has 0 aliphatic rings. The summed E-state index contributed by atoms with van der Waals surface area (Å²) in [5, 5.41) is 4.60. The van der Waals surface area contributed by atoms with Crippen molar-refractivity contribution in [3.05, 3.63) is 67.8 Å². The van der Waals surface area contributed by atoms with Crippen LogP contribution >= 0.6 is 46.2 Å². The molecule has 0 aliphatic heterocycles. The van der Waals surface area contributed by atoms with Gasteiger partial charge in [-0.25, -0.2) is 4.39 Å². The molecule has 0 saturated carbocycles. The van der Waals surface area contributed by atoms with Gasteiger partial charge in [-0.05, 0) is 70.2 Å². The van der Waals surface area contributed by atoms with Gasteiger partial charge in [-0.1, -0.05) is 71.9 Å². The summed E-state index contributed by atoms with van der Waals surface area (Å²) < 4.78 is 17.1. The minimum Gasteiger partial charge on any atom is -0.205 e. The molecule has 0 unspecified atom stereocenters. The summed E-state index contributed by atoms with van der Waals surface area (Å²) in [6.07, 6.45) is 3.83. The van der Waals surface area contributed by atoms with Crippen molar-refractivity contribution in [2.45, 2.75) is 77.0 Å². The molecule has 0 spiro atoms. The molecule has 0 N–H and O–H groups in total. The van der Waals surface area contributed by atoms with E-state index in [-0.39, 0.29) is 5.82 Å². The SMILES string of the molecule is CCSc1c(F)c(-c2c(CC)csc2CC)c(SCC)c(-c2csc(CC)c2CC)c1-c1ccccc1. The van der Waals surface area contributed by atoms with Crippen LogP contribution < -0.4 is 0 Å². The van der Waals surface area contributed by atoms with Crippen molar-refractivity contribution >= 4 is 46.2 Å². The standard InChI is InChI=1S/C32H37FS4/c1-7-20-18-36-25(10-4)26(20)29-30(33)32(35-12-6)27(21-16-14-13-15-17-21)28(31(29)34-11-5)23-19-37-24(9-3)22(23)8-2/h13-19H,7-12H2,1-6H3. The van der Waals surface area contributed by atoms with Gasteiger partial charge >= 0.3 is 0 Å². The van der Waals surface area contributed by atoms with Gasteiger partial charge in [-0.15, -0.1) is 46.2 Å². The molecular weight excluding hydrogens is 532 g/mol. The van der Waals surface area contributed by atoms with Crippen LogP contribution in [0.1, 0.15) is 62.4 Å². The lowest BCUT2D eigenvalue weighted by atomic mass is 9.87. The van der Waals surface area contributed by atoms with Gasteiger partial charge in [-0.3, -0.25) is 0 Å². The summed E-state index contributed by atoms with van der Waals surface area (Å²) in [7, 11) is 0. The normalized spacial score (nSPS) is 11.4. The van der Waals surface area contributed by atoms with Gasteiger partial charge < -0.3 is 0 Å². The molecule has 2 heterocycles. The molecule has 0 fully saturated rings. The van der Waals surface area contributed by atoms with Crippen LogP contribution in [0.15, 0.2) is 50.9 Å². The van der Waals surface area contributed by atoms with Gasteiger partial charge in [0.1, 0.15) is 5.82 Å². The lowest BCUT2D eigenvalue weighted by Crippen LogP contribution is -2.03. The number of rotatable bonds is 11. The van der Waals surface area contributed by atoms with Gasteiger partial charge in [0.15, 0.2) is 0 Å². The summed E-state index contributed by atoms with van der Waals surface area (Å²) in [6.45, 7) is 13.2. The lowest BCUT2D eigenvalue weighted by Gasteiger charge is -2.25. The summed E-state index contributed by atoms with van der Waals surface area (Å²) in [4.78, 5) is 4.63. The second kappa shape index (κ2) is 13.0. The molecule has 0 atom stereocenters. The predicted molar refractivity (Wildman–Crippen MR) is 169 cm³/mol. The van der Waals surface area contributed by atoms with Gasteiger partial charge in [0.25, 0.3) is 0 Å². The summed E-state index contributed by atoms with van der Waals surface area (Å²) >= 11 is 7.10. The monoisotopic (exact) mass is 568 g/mol. The Balaban J connectivity index is 2.27. The Morgan fingerprint density at radius 1 is 0.649 bits per heavy atom. The van der Waals surface area contributed by atoms with Crippen LogP contribution in [0.5, 0.6) is 0 Å². The van der Waals surface area contributed by atoms with Crippen molar-refractivity contribution < 1.29 is 4.39 Å². The smallest absolute Gasteiger partial charge is 0.146 e. The van der Waals surface area contributed by atoms with E-state index in [4.69, 9.17) is 0 Å². The van der Waals surface area contributed by atoms with E-state index in [2.05, 4.69) is 76.6 Å². The topological polar surface area (TPSA) is 0 Å². The Kier molecular flexibility index (Phi) is 10.0. The minimum absolute atomic E-state index is 0.0443. The number of thioether (sulfide) groups is 2. The first kappa shape index (κ1) is 28.5. The summed E-state index contributed by atoms with van der Waals surface area (Å²) in [6, 6.07) is 10.5. The van der Waals surface area contributed by atoms with Crippen molar-refractivity contribution in [1.29, 1.82) is 0 Å². The zero-order valence-corrected chi connectivity index (χ0v) is 26.1. The van der Waals surface area contributed by atoms with Crippen LogP contribution in [0.25, 0.3) is 33.4 Å². The van der Waals surface area contributed by atoms with Gasteiger partial charge in [0.2, 0.25) is 0 Å². The van der Waals surface area contributed by atoms with Crippen molar-refractivity contribution in [3.8, 4) is 33.4 Å². The number of aryl methyl sites for hydroxylation is 3. The molecule has 37 heavy (non-hydrogen) atoms. The highest BCUT2D eigenvalue weighted by atomic mass is 32.2. The van der Waals surface area contributed by atoms with E-state index in [9.17, 15) is 0 Å². The predicted octanol–water partition coefficient (Wildman–Crippen LogP) is 11.4. The summed E-state index contributed by atoms with van der Waals surface area (Å²) in [5.41, 5.74) is 9.35. The van der Waals surface area contributed by atoms with Crippen LogP contribution in [0.4, 0.5) is 4.39 Å². The number of thiophene rings is 2. The minimum atomic E-state index is -0.0443. The molecular formula is C32H37FS4. The molecule has 4 aromatic rings. The first-order valence-electron chi connectivity index (χ1n) is 13.4. The van der Waals surface area contributed by atoms with Gasteiger partial charge in [-0.2, -0.15) is 0 Å². The third-order valence-corrected chi connectivity index (χ3v) is 11.1. The van der Waals surface area contributed by atoms with E-state index in [0.29, 0.717) is 0 Å². The van der Waals surface area contributed by atoms with E-state index in [0.717, 1.165) is 69.2 Å². The third kappa shape index (κ3) is 5.34. The molecule has 0 saturated heterocycles. The van der Waals surface area contributed by atoms with E-state index in [1.54, 1.807) is 34.9 Å². The largest absolute Gasteiger partial charge is 0.205 e. The molecule has 0 nitrogen and oxygen atoms in total. The molecule has 0 radical (unpaired) electrons. The van der Waals surface area contributed by atoms with Crippen LogP contribution in [0.3, 0.4) is 0 Å². The molecule has 0 bridgehead atoms. The Morgan fingerprint density at radius 3 is 1.89 bits per heavy atom. The maximum absolute atomic E-state index is 17.1. The number of benzene rings is 2. The highest BCUT2D eigenvalue weighted by Crippen LogP contribution is 2.54. The molecule has 4 rings (SSSR count). The van der Waals surface area contributed by atoms with Crippen LogP contribution in [-0.2, 0) is 25.7 Å².